The van der Waals surface area contributed by atoms with Crippen LogP contribution in [0.4, 0.5) is 4.39 Å². The largest absolute Gasteiger partial charge is 0.387 e. The summed E-state index contributed by atoms with van der Waals surface area (Å²) in [6.45, 7) is -0.0634. The lowest BCUT2D eigenvalue weighted by molar-refractivity contribution is -0.125. The molecule has 0 aromatic heterocycles. The molecule has 17 heavy (non-hydrogen) atoms. The molecule has 0 saturated carbocycles. The first-order valence-corrected chi connectivity index (χ1v) is 5.13. The van der Waals surface area contributed by atoms with Crippen LogP contribution >= 0.6 is 0 Å². The Bertz CT molecular complexity index is 387. The number of amides is 1. The van der Waals surface area contributed by atoms with Crippen LogP contribution in [0.5, 0.6) is 0 Å². The van der Waals surface area contributed by atoms with Crippen molar-refractivity contribution in [3.63, 3.8) is 0 Å². The van der Waals surface area contributed by atoms with Crippen LogP contribution in [0.15, 0.2) is 24.3 Å². The number of aliphatic hydroxyl groups is 2. The smallest absolute Gasteiger partial charge is 0.247 e. The Morgan fingerprint density at radius 3 is 2.59 bits per heavy atom. The average molecular weight is 242 g/mol. The summed E-state index contributed by atoms with van der Waals surface area (Å²) < 4.78 is 13.2. The third-order valence-corrected chi connectivity index (χ3v) is 2.27. The van der Waals surface area contributed by atoms with E-state index in [1.54, 1.807) is 6.07 Å². The molecule has 2 unspecified atom stereocenters. The van der Waals surface area contributed by atoms with E-state index < -0.39 is 23.9 Å². The van der Waals surface area contributed by atoms with Gasteiger partial charge in [0, 0.05) is 18.7 Å². The Balaban J connectivity index is 2.43. The molecule has 0 spiro atoms. The van der Waals surface area contributed by atoms with E-state index in [1.807, 2.05) is 0 Å². The average Bonchev–Trinajstić information content (AvgIpc) is 2.29. The molecular weight excluding hydrogens is 227 g/mol. The fraction of sp³-hybridized carbons (Fsp3) is 0.364. The van der Waals surface area contributed by atoms with Crippen LogP contribution in [0.1, 0.15) is 11.7 Å². The van der Waals surface area contributed by atoms with Crippen LogP contribution in [0.25, 0.3) is 0 Å². The van der Waals surface area contributed by atoms with Crippen molar-refractivity contribution in [3.8, 4) is 0 Å². The van der Waals surface area contributed by atoms with Gasteiger partial charge < -0.3 is 21.3 Å². The topological polar surface area (TPSA) is 95.6 Å². The molecule has 5 N–H and O–H groups in total. The summed E-state index contributed by atoms with van der Waals surface area (Å²) >= 11 is 0. The Kier molecular flexibility index (Phi) is 5.02. The number of hydrogen-bond acceptors (Lipinski definition) is 4. The highest BCUT2D eigenvalue weighted by Gasteiger charge is 2.14. The number of nitrogens with two attached hydrogens (primary N) is 1. The molecule has 1 amide bonds. The van der Waals surface area contributed by atoms with E-state index in [0.29, 0.717) is 0 Å². The summed E-state index contributed by atoms with van der Waals surface area (Å²) in [5, 5.41) is 21.3. The lowest BCUT2D eigenvalue weighted by Crippen LogP contribution is -2.39. The highest BCUT2D eigenvalue weighted by atomic mass is 19.1. The van der Waals surface area contributed by atoms with E-state index >= 15 is 0 Å². The zero-order valence-electron chi connectivity index (χ0n) is 9.14. The van der Waals surface area contributed by atoms with Crippen LogP contribution in [-0.4, -0.2) is 35.3 Å². The number of benzene rings is 1. The number of primary amides is 1. The maximum absolute atomic E-state index is 13.2. The van der Waals surface area contributed by atoms with Crippen molar-refractivity contribution in [1.29, 1.82) is 0 Å². The van der Waals surface area contributed by atoms with Crippen LogP contribution in [0.3, 0.4) is 0 Å². The molecule has 5 nitrogen and oxygen atoms in total. The van der Waals surface area contributed by atoms with Gasteiger partial charge in [-0.2, -0.15) is 0 Å². The molecule has 0 heterocycles. The third kappa shape index (κ3) is 4.10. The van der Waals surface area contributed by atoms with Crippen LogP contribution in [-0.2, 0) is 4.79 Å². The number of aliphatic hydroxyl groups excluding tert-OH is 2. The minimum Gasteiger partial charge on any atom is -0.387 e. The van der Waals surface area contributed by atoms with Gasteiger partial charge >= 0.3 is 0 Å². The maximum atomic E-state index is 13.2. The first kappa shape index (κ1) is 13.6. The Hall–Kier alpha value is -1.50. The minimum atomic E-state index is -1.32. The lowest BCUT2D eigenvalue weighted by Gasteiger charge is -2.14. The van der Waals surface area contributed by atoms with Gasteiger partial charge in [0.1, 0.15) is 11.9 Å². The summed E-state index contributed by atoms with van der Waals surface area (Å²) in [4.78, 5) is 10.5. The van der Waals surface area contributed by atoms with Gasteiger partial charge in [0.05, 0.1) is 6.10 Å². The molecule has 6 heteroatoms. The maximum Gasteiger partial charge on any atom is 0.247 e. The normalized spacial score (nSPS) is 14.3. The van der Waals surface area contributed by atoms with E-state index in [9.17, 15) is 14.3 Å². The second-order valence-electron chi connectivity index (χ2n) is 3.61. The fourth-order valence-electron chi connectivity index (χ4n) is 1.31. The minimum absolute atomic E-state index is 0.0191. The van der Waals surface area contributed by atoms with Crippen molar-refractivity contribution >= 4 is 5.91 Å². The van der Waals surface area contributed by atoms with Crippen LogP contribution in [0.2, 0.25) is 0 Å². The number of carbonyl (C=O) groups is 1. The first-order chi connectivity index (χ1) is 8.02. The molecule has 1 aromatic carbocycles. The van der Waals surface area contributed by atoms with E-state index in [-0.39, 0.29) is 18.7 Å². The summed E-state index contributed by atoms with van der Waals surface area (Å²) in [6, 6.07) is 5.85. The molecule has 0 aliphatic heterocycles. The molecule has 0 bridgehead atoms. The monoisotopic (exact) mass is 242 g/mol. The zero-order valence-corrected chi connectivity index (χ0v) is 9.14. The molecule has 1 aromatic rings. The number of rotatable bonds is 6. The van der Waals surface area contributed by atoms with E-state index in [2.05, 4.69) is 5.32 Å². The predicted molar refractivity (Wildman–Crippen MR) is 59.4 cm³/mol. The first-order valence-electron chi connectivity index (χ1n) is 5.13. The van der Waals surface area contributed by atoms with E-state index in [0.717, 1.165) is 0 Å². The number of hydrogen-bond donors (Lipinski definition) is 4. The summed E-state index contributed by atoms with van der Waals surface area (Å²) in [6.07, 6.45) is -2.36. The molecule has 1 rings (SSSR count). The van der Waals surface area contributed by atoms with Crippen molar-refractivity contribution in [3.05, 3.63) is 35.6 Å². The Morgan fingerprint density at radius 1 is 1.35 bits per heavy atom. The van der Waals surface area contributed by atoms with Crippen molar-refractivity contribution in [2.24, 2.45) is 5.73 Å². The number of nitrogens with one attached hydrogen (secondary N) is 1. The van der Waals surface area contributed by atoms with Crippen LogP contribution in [0, 0.1) is 5.82 Å². The van der Waals surface area contributed by atoms with Gasteiger partial charge in [-0.25, -0.2) is 4.39 Å². The Labute approximate surface area is 98.1 Å². The molecule has 0 radical (unpaired) electrons. The molecule has 0 aliphatic rings. The molecule has 0 saturated heterocycles. The zero-order chi connectivity index (χ0) is 12.8. The van der Waals surface area contributed by atoms with Gasteiger partial charge in [-0.15, -0.1) is 0 Å². The SMILES string of the molecule is NC(=O)C(O)CNCC(O)c1ccccc1F. The predicted octanol–water partition coefficient (Wildman–Crippen LogP) is -0.705. The summed E-state index contributed by atoms with van der Waals surface area (Å²) in [7, 11) is 0. The van der Waals surface area contributed by atoms with Gasteiger partial charge in [-0.3, -0.25) is 4.79 Å². The molecule has 94 valence electrons. The lowest BCUT2D eigenvalue weighted by atomic mass is 10.1. The second kappa shape index (κ2) is 6.29. The number of carbonyl (C=O) groups excluding carboxylic acids is 1. The van der Waals surface area contributed by atoms with E-state index in [4.69, 9.17) is 10.8 Å². The van der Waals surface area contributed by atoms with Gasteiger partial charge in [0.15, 0.2) is 0 Å². The third-order valence-electron chi connectivity index (χ3n) is 2.27. The van der Waals surface area contributed by atoms with E-state index in [1.165, 1.54) is 18.2 Å². The fourth-order valence-corrected chi connectivity index (χ4v) is 1.31. The van der Waals surface area contributed by atoms with Gasteiger partial charge in [-0.05, 0) is 6.07 Å². The van der Waals surface area contributed by atoms with Crippen molar-refractivity contribution in [2.45, 2.75) is 12.2 Å². The van der Waals surface area contributed by atoms with Gasteiger partial charge in [-0.1, -0.05) is 18.2 Å². The van der Waals surface area contributed by atoms with Crippen molar-refractivity contribution in [1.82, 2.24) is 5.32 Å². The van der Waals surface area contributed by atoms with Gasteiger partial charge in [0.25, 0.3) is 0 Å². The second-order valence-corrected chi connectivity index (χ2v) is 3.61. The quantitative estimate of drug-likeness (QED) is 0.530. The molecular formula is C11H15FN2O3. The standard InChI is InChI=1S/C11H15FN2O3/c12-8-4-2-1-3-7(8)9(15)5-14-6-10(16)11(13)17/h1-4,9-10,14-16H,5-6H2,(H2,13,17). The van der Waals surface area contributed by atoms with Crippen LogP contribution < -0.4 is 11.1 Å². The highest BCUT2D eigenvalue weighted by Crippen LogP contribution is 2.15. The molecule has 2 atom stereocenters. The summed E-state index contributed by atoms with van der Waals surface area (Å²) in [5.41, 5.74) is 5.00. The van der Waals surface area contributed by atoms with Crippen molar-refractivity contribution in [2.75, 3.05) is 13.1 Å². The summed E-state index contributed by atoms with van der Waals surface area (Å²) in [5.74, 6) is -1.35. The van der Waals surface area contributed by atoms with Crippen molar-refractivity contribution < 1.29 is 19.4 Å². The highest BCUT2D eigenvalue weighted by molar-refractivity contribution is 5.78. The molecule has 0 fully saturated rings. The Morgan fingerprint density at radius 2 is 2.00 bits per heavy atom. The molecule has 0 aliphatic carbocycles. The van der Waals surface area contributed by atoms with Gasteiger partial charge in [0.2, 0.25) is 5.91 Å². The number of halogens is 1.